The van der Waals surface area contributed by atoms with Crippen molar-refractivity contribution in [2.45, 2.75) is 12.8 Å². The Labute approximate surface area is 101 Å². The molecule has 5 heteroatoms. The highest BCUT2D eigenvalue weighted by atomic mass is 16.5. The van der Waals surface area contributed by atoms with Crippen LogP contribution in [0.5, 0.6) is 5.75 Å². The first-order valence-corrected chi connectivity index (χ1v) is 5.57. The minimum absolute atomic E-state index is 0.245. The third-order valence-corrected chi connectivity index (χ3v) is 2.45. The maximum atomic E-state index is 8.36. The molecule has 4 N–H and O–H groups in total. The summed E-state index contributed by atoms with van der Waals surface area (Å²) in [5, 5.41) is 14.5. The summed E-state index contributed by atoms with van der Waals surface area (Å²) in [6, 6.07) is 7.94. The lowest BCUT2D eigenvalue weighted by atomic mass is 10.1. The number of nitrogens with zero attached hydrogens (tertiary/aromatic N) is 1. The number of hydrogen-bond donors (Lipinski definition) is 3. The predicted molar refractivity (Wildman–Crippen MR) is 67.6 cm³/mol. The van der Waals surface area contributed by atoms with Gasteiger partial charge < -0.3 is 21.0 Å². The van der Waals surface area contributed by atoms with E-state index in [9.17, 15) is 0 Å². The summed E-state index contributed by atoms with van der Waals surface area (Å²) in [6.07, 6.45) is 1.43. The lowest BCUT2D eigenvalue weighted by molar-refractivity contribution is 0.316. The van der Waals surface area contributed by atoms with Gasteiger partial charge in [0.1, 0.15) is 11.6 Å². The second-order valence-electron chi connectivity index (χ2n) is 3.65. The molecule has 0 aromatic heterocycles. The van der Waals surface area contributed by atoms with E-state index in [4.69, 9.17) is 15.7 Å². The molecule has 0 saturated carbocycles. The van der Waals surface area contributed by atoms with E-state index in [2.05, 4.69) is 10.5 Å². The van der Waals surface area contributed by atoms with Gasteiger partial charge in [-0.1, -0.05) is 23.4 Å². The second kappa shape index (κ2) is 7.51. The van der Waals surface area contributed by atoms with E-state index < -0.39 is 0 Å². The molecule has 0 radical (unpaired) electrons. The number of ether oxygens (including phenoxy) is 1. The van der Waals surface area contributed by atoms with Crippen molar-refractivity contribution in [2.75, 3.05) is 20.2 Å². The smallest absolute Gasteiger partial charge is 0.140 e. The van der Waals surface area contributed by atoms with Gasteiger partial charge in [0.2, 0.25) is 0 Å². The van der Waals surface area contributed by atoms with Gasteiger partial charge in [0, 0.05) is 13.0 Å². The molecule has 0 aliphatic heterocycles. The van der Waals surface area contributed by atoms with Gasteiger partial charge in [0.15, 0.2) is 0 Å². The van der Waals surface area contributed by atoms with Crippen molar-refractivity contribution in [2.24, 2.45) is 10.9 Å². The summed E-state index contributed by atoms with van der Waals surface area (Å²) in [7, 11) is 1.67. The number of hydrogen-bond acceptors (Lipinski definition) is 4. The van der Waals surface area contributed by atoms with Crippen LogP contribution in [-0.2, 0) is 6.42 Å². The predicted octanol–water partition coefficient (Wildman–Crippen LogP) is 0.964. The van der Waals surface area contributed by atoms with Gasteiger partial charge in [-0.2, -0.15) is 0 Å². The highest BCUT2D eigenvalue weighted by Crippen LogP contribution is 2.16. The first-order chi connectivity index (χ1) is 8.27. The molecular formula is C12H19N3O2. The maximum Gasteiger partial charge on any atom is 0.140 e. The van der Waals surface area contributed by atoms with Crippen LogP contribution in [0.3, 0.4) is 0 Å². The van der Waals surface area contributed by atoms with Gasteiger partial charge in [-0.3, -0.25) is 0 Å². The number of benzene rings is 1. The van der Waals surface area contributed by atoms with Crippen molar-refractivity contribution in [3.63, 3.8) is 0 Å². The van der Waals surface area contributed by atoms with E-state index in [1.54, 1.807) is 7.11 Å². The van der Waals surface area contributed by atoms with E-state index in [0.717, 1.165) is 18.7 Å². The van der Waals surface area contributed by atoms with Gasteiger partial charge >= 0.3 is 0 Å². The minimum Gasteiger partial charge on any atom is -0.496 e. The molecule has 1 rings (SSSR count). The molecule has 0 amide bonds. The van der Waals surface area contributed by atoms with Gasteiger partial charge in [-0.25, -0.2) is 0 Å². The lowest BCUT2D eigenvalue weighted by Crippen LogP contribution is -2.24. The lowest BCUT2D eigenvalue weighted by Gasteiger charge is -2.08. The molecule has 0 aliphatic rings. The van der Waals surface area contributed by atoms with Crippen LogP contribution in [0.15, 0.2) is 29.4 Å². The molecule has 17 heavy (non-hydrogen) atoms. The summed E-state index contributed by atoms with van der Waals surface area (Å²) in [6.45, 7) is 1.53. The fourth-order valence-electron chi connectivity index (χ4n) is 1.52. The van der Waals surface area contributed by atoms with Crippen LogP contribution < -0.4 is 15.8 Å². The van der Waals surface area contributed by atoms with Gasteiger partial charge in [0.05, 0.1) is 7.11 Å². The minimum atomic E-state index is 0.245. The number of rotatable bonds is 7. The Morgan fingerprint density at radius 1 is 1.41 bits per heavy atom. The van der Waals surface area contributed by atoms with Crippen molar-refractivity contribution in [3.8, 4) is 5.75 Å². The van der Waals surface area contributed by atoms with Gasteiger partial charge in [-0.15, -0.1) is 0 Å². The van der Waals surface area contributed by atoms with E-state index in [1.165, 1.54) is 5.56 Å². The van der Waals surface area contributed by atoms with Crippen molar-refractivity contribution in [3.05, 3.63) is 29.8 Å². The Balaban J connectivity index is 2.26. The average molecular weight is 237 g/mol. The number of amidine groups is 1. The Kier molecular flexibility index (Phi) is 5.88. The molecule has 0 heterocycles. The first kappa shape index (κ1) is 13.3. The summed E-state index contributed by atoms with van der Waals surface area (Å²) >= 11 is 0. The molecule has 94 valence electrons. The van der Waals surface area contributed by atoms with Crippen LogP contribution in [0.25, 0.3) is 0 Å². The third-order valence-electron chi connectivity index (χ3n) is 2.45. The van der Waals surface area contributed by atoms with Gasteiger partial charge in [-0.05, 0) is 24.6 Å². The van der Waals surface area contributed by atoms with Crippen LogP contribution in [0, 0.1) is 0 Å². The number of methoxy groups -OCH3 is 1. The second-order valence-corrected chi connectivity index (χ2v) is 3.65. The molecule has 0 atom stereocenters. The van der Waals surface area contributed by atoms with E-state index >= 15 is 0 Å². The van der Waals surface area contributed by atoms with Gasteiger partial charge in [0.25, 0.3) is 0 Å². The number of nitrogens with two attached hydrogens (primary N) is 1. The Morgan fingerprint density at radius 2 is 2.18 bits per heavy atom. The molecule has 0 bridgehead atoms. The largest absolute Gasteiger partial charge is 0.496 e. The molecule has 5 nitrogen and oxygen atoms in total. The zero-order valence-corrected chi connectivity index (χ0v) is 10.0. The Morgan fingerprint density at radius 3 is 2.88 bits per heavy atom. The summed E-state index contributed by atoms with van der Waals surface area (Å²) in [4.78, 5) is 0. The maximum absolute atomic E-state index is 8.36. The third kappa shape index (κ3) is 4.74. The van der Waals surface area contributed by atoms with Crippen molar-refractivity contribution < 1.29 is 9.94 Å². The molecule has 0 fully saturated rings. The van der Waals surface area contributed by atoms with Crippen molar-refractivity contribution >= 4 is 5.84 Å². The zero-order chi connectivity index (χ0) is 12.5. The topological polar surface area (TPSA) is 79.9 Å². The molecule has 0 spiro atoms. The fourth-order valence-corrected chi connectivity index (χ4v) is 1.52. The fraction of sp³-hybridized carbons (Fsp3) is 0.417. The standard InChI is InChI=1S/C12H19N3O2/c1-17-11-5-3-2-4-10(11)6-8-14-9-7-12(13)15-16/h2-5,14,16H,6-9H2,1H3,(H2,13,15). The van der Waals surface area contributed by atoms with Crippen LogP contribution in [0.1, 0.15) is 12.0 Å². The number of oxime groups is 1. The normalized spacial score (nSPS) is 11.5. The monoisotopic (exact) mass is 237 g/mol. The number of para-hydroxylation sites is 1. The summed E-state index contributed by atoms with van der Waals surface area (Å²) in [5.74, 6) is 1.15. The molecule has 0 unspecified atom stereocenters. The molecule has 0 saturated heterocycles. The first-order valence-electron chi connectivity index (χ1n) is 5.57. The van der Waals surface area contributed by atoms with Crippen LogP contribution >= 0.6 is 0 Å². The molecule has 1 aromatic rings. The highest BCUT2D eigenvalue weighted by molar-refractivity contribution is 5.79. The van der Waals surface area contributed by atoms with Crippen LogP contribution in [0.4, 0.5) is 0 Å². The van der Waals surface area contributed by atoms with E-state index in [0.29, 0.717) is 13.0 Å². The Hall–Kier alpha value is -1.75. The summed E-state index contributed by atoms with van der Waals surface area (Å²) < 4.78 is 5.26. The molecular weight excluding hydrogens is 218 g/mol. The zero-order valence-electron chi connectivity index (χ0n) is 10.0. The average Bonchev–Trinajstić information content (AvgIpc) is 2.38. The van der Waals surface area contributed by atoms with Crippen molar-refractivity contribution in [1.82, 2.24) is 5.32 Å². The SMILES string of the molecule is COc1ccccc1CCNCC/C(N)=N/O. The van der Waals surface area contributed by atoms with Crippen LogP contribution in [-0.4, -0.2) is 31.2 Å². The highest BCUT2D eigenvalue weighted by Gasteiger charge is 2.00. The van der Waals surface area contributed by atoms with E-state index in [-0.39, 0.29) is 5.84 Å². The summed E-state index contributed by atoms with van der Waals surface area (Å²) in [5.41, 5.74) is 6.52. The van der Waals surface area contributed by atoms with E-state index in [1.807, 2.05) is 24.3 Å². The molecule has 1 aromatic carbocycles. The quantitative estimate of drug-likeness (QED) is 0.217. The van der Waals surface area contributed by atoms with Crippen LogP contribution in [0.2, 0.25) is 0 Å². The molecule has 0 aliphatic carbocycles. The van der Waals surface area contributed by atoms with Crippen molar-refractivity contribution in [1.29, 1.82) is 0 Å². The Bertz CT molecular complexity index is 367. The number of nitrogens with one attached hydrogen (secondary N) is 1.